The molecule has 0 fully saturated rings. The van der Waals surface area contributed by atoms with Crippen LogP contribution in [0.5, 0.6) is 5.75 Å². The summed E-state index contributed by atoms with van der Waals surface area (Å²) >= 11 is 0. The van der Waals surface area contributed by atoms with Crippen LogP contribution in [0.1, 0.15) is 20.8 Å². The second-order valence-electron chi connectivity index (χ2n) is 6.43. The molecule has 134 valence electrons. The van der Waals surface area contributed by atoms with E-state index < -0.39 is 11.7 Å². The molecule has 0 bridgehead atoms. The van der Waals surface area contributed by atoms with E-state index in [-0.39, 0.29) is 11.9 Å². The number of carbonyl (C=O) groups is 1. The zero-order valence-electron chi connectivity index (χ0n) is 15.0. The Kier molecular flexibility index (Phi) is 5.07. The third-order valence-corrected chi connectivity index (χ3v) is 3.91. The van der Waals surface area contributed by atoms with Gasteiger partial charge >= 0.3 is 5.63 Å². The van der Waals surface area contributed by atoms with Crippen LogP contribution in [0, 0.1) is 0 Å². The molecule has 0 aliphatic carbocycles. The molecular weight excluding hydrogens is 330 g/mol. The lowest BCUT2D eigenvalue weighted by atomic mass is 10.0. The fourth-order valence-electron chi connectivity index (χ4n) is 2.73. The highest BCUT2D eigenvalue weighted by Gasteiger charge is 2.16. The number of hydrogen-bond donors (Lipinski definition) is 1. The van der Waals surface area contributed by atoms with Crippen molar-refractivity contribution in [1.29, 1.82) is 0 Å². The molecule has 0 aliphatic heterocycles. The Labute approximate surface area is 151 Å². The Hall–Kier alpha value is -3.08. The Morgan fingerprint density at radius 3 is 2.46 bits per heavy atom. The molecule has 3 aromatic rings. The van der Waals surface area contributed by atoms with Crippen molar-refractivity contribution < 1.29 is 13.9 Å². The number of rotatable bonds is 5. The zero-order valence-corrected chi connectivity index (χ0v) is 15.0. The quantitative estimate of drug-likeness (QED) is 0.711. The van der Waals surface area contributed by atoms with Gasteiger partial charge in [0.25, 0.3) is 5.91 Å². The number of nitrogens with one attached hydrogen (secondary N) is 1. The average Bonchev–Trinajstić information content (AvgIpc) is 2.60. The van der Waals surface area contributed by atoms with Crippen LogP contribution in [0.2, 0.25) is 0 Å². The number of ether oxygens (including phenoxy) is 1. The largest absolute Gasteiger partial charge is 0.481 e. The highest BCUT2D eigenvalue weighted by atomic mass is 16.5. The van der Waals surface area contributed by atoms with E-state index in [1.807, 2.05) is 50.2 Å². The summed E-state index contributed by atoms with van der Waals surface area (Å²) in [7, 11) is 0. The van der Waals surface area contributed by atoms with E-state index in [0.717, 1.165) is 16.5 Å². The maximum Gasteiger partial charge on any atom is 0.336 e. The van der Waals surface area contributed by atoms with Gasteiger partial charge in [0.15, 0.2) is 6.10 Å². The predicted molar refractivity (Wildman–Crippen MR) is 101 cm³/mol. The maximum absolute atomic E-state index is 12.0. The van der Waals surface area contributed by atoms with E-state index in [9.17, 15) is 9.59 Å². The molecular formula is C21H21NO4. The summed E-state index contributed by atoms with van der Waals surface area (Å²) in [5.74, 6) is 0.275. The van der Waals surface area contributed by atoms with Crippen molar-refractivity contribution in [3.05, 3.63) is 65.0 Å². The molecule has 0 saturated heterocycles. The van der Waals surface area contributed by atoms with Crippen molar-refractivity contribution in [2.24, 2.45) is 0 Å². The minimum atomic E-state index is -0.654. The van der Waals surface area contributed by atoms with Crippen molar-refractivity contribution in [1.82, 2.24) is 5.32 Å². The summed E-state index contributed by atoms with van der Waals surface area (Å²) < 4.78 is 11.0. The van der Waals surface area contributed by atoms with Gasteiger partial charge in [-0.25, -0.2) is 4.79 Å². The standard InChI is InChI=1S/C21H21NO4/c1-13(2)22-21(24)14(3)25-16-9-10-17-18(15-7-5-4-6-8-15)12-20(23)26-19(17)11-16/h4-14H,1-3H3,(H,22,24). The first kappa shape index (κ1) is 17.7. The van der Waals surface area contributed by atoms with Gasteiger partial charge in [0.1, 0.15) is 11.3 Å². The third-order valence-electron chi connectivity index (χ3n) is 3.91. The number of fused-ring (bicyclic) bond motifs is 1. The normalized spacial score (nSPS) is 12.2. The van der Waals surface area contributed by atoms with Gasteiger partial charge in [0.05, 0.1) is 0 Å². The van der Waals surface area contributed by atoms with E-state index in [2.05, 4.69) is 5.32 Å². The Bertz CT molecular complexity index is 976. The van der Waals surface area contributed by atoms with Crippen LogP contribution in [-0.2, 0) is 4.79 Å². The topological polar surface area (TPSA) is 68.5 Å². The molecule has 0 spiro atoms. The van der Waals surface area contributed by atoms with E-state index >= 15 is 0 Å². The number of carbonyl (C=O) groups excluding carboxylic acids is 1. The summed E-state index contributed by atoms with van der Waals surface area (Å²) in [5, 5.41) is 3.61. The predicted octanol–water partition coefficient (Wildman–Crippen LogP) is 3.75. The second kappa shape index (κ2) is 7.44. The lowest BCUT2D eigenvalue weighted by Crippen LogP contribution is -2.40. The van der Waals surface area contributed by atoms with Crippen LogP contribution >= 0.6 is 0 Å². The number of benzene rings is 2. The zero-order chi connectivity index (χ0) is 18.7. The smallest absolute Gasteiger partial charge is 0.336 e. The molecule has 5 nitrogen and oxygen atoms in total. The minimum Gasteiger partial charge on any atom is -0.481 e. The van der Waals surface area contributed by atoms with Gasteiger partial charge in [-0.15, -0.1) is 0 Å². The van der Waals surface area contributed by atoms with Gasteiger partial charge in [-0.1, -0.05) is 30.3 Å². The van der Waals surface area contributed by atoms with Crippen molar-refractivity contribution in [3.8, 4) is 16.9 Å². The van der Waals surface area contributed by atoms with Gasteiger partial charge in [0.2, 0.25) is 0 Å². The first-order chi connectivity index (χ1) is 12.4. The maximum atomic E-state index is 12.0. The Morgan fingerprint density at radius 1 is 1.04 bits per heavy atom. The Morgan fingerprint density at radius 2 is 1.77 bits per heavy atom. The molecule has 1 heterocycles. The fourth-order valence-corrected chi connectivity index (χ4v) is 2.73. The second-order valence-corrected chi connectivity index (χ2v) is 6.43. The van der Waals surface area contributed by atoms with E-state index in [1.54, 1.807) is 19.1 Å². The summed E-state index contributed by atoms with van der Waals surface area (Å²) in [5.41, 5.74) is 1.72. The van der Waals surface area contributed by atoms with E-state index in [0.29, 0.717) is 11.3 Å². The first-order valence-corrected chi connectivity index (χ1v) is 8.54. The van der Waals surface area contributed by atoms with E-state index in [1.165, 1.54) is 6.07 Å². The molecule has 1 aromatic heterocycles. The van der Waals surface area contributed by atoms with E-state index in [4.69, 9.17) is 9.15 Å². The molecule has 3 rings (SSSR count). The summed E-state index contributed by atoms with van der Waals surface area (Å²) in [4.78, 5) is 24.0. The minimum absolute atomic E-state index is 0.0385. The van der Waals surface area contributed by atoms with Crippen molar-refractivity contribution in [2.45, 2.75) is 32.9 Å². The van der Waals surface area contributed by atoms with Crippen molar-refractivity contribution in [3.63, 3.8) is 0 Å². The molecule has 2 aromatic carbocycles. The SMILES string of the molecule is CC(C)NC(=O)C(C)Oc1ccc2c(-c3ccccc3)cc(=O)oc2c1. The van der Waals surface area contributed by atoms with Crippen LogP contribution in [0.4, 0.5) is 0 Å². The summed E-state index contributed by atoms with van der Waals surface area (Å²) in [6, 6.07) is 16.4. The fraction of sp³-hybridized carbons (Fsp3) is 0.238. The monoisotopic (exact) mass is 351 g/mol. The molecule has 0 radical (unpaired) electrons. The van der Waals surface area contributed by atoms with Crippen molar-refractivity contribution in [2.75, 3.05) is 0 Å². The number of hydrogen-bond acceptors (Lipinski definition) is 4. The molecule has 1 amide bonds. The highest BCUT2D eigenvalue weighted by molar-refractivity contribution is 5.93. The molecule has 26 heavy (non-hydrogen) atoms. The average molecular weight is 351 g/mol. The van der Waals surface area contributed by atoms with Gasteiger partial charge in [-0.2, -0.15) is 0 Å². The van der Waals surface area contributed by atoms with Crippen LogP contribution in [0.3, 0.4) is 0 Å². The molecule has 1 N–H and O–H groups in total. The molecule has 5 heteroatoms. The van der Waals surface area contributed by atoms with Crippen LogP contribution in [0.15, 0.2) is 63.8 Å². The van der Waals surface area contributed by atoms with Gasteiger partial charge in [-0.05, 0) is 44.0 Å². The van der Waals surface area contributed by atoms with Gasteiger partial charge in [0, 0.05) is 23.6 Å². The summed E-state index contributed by atoms with van der Waals surface area (Å²) in [6.07, 6.45) is -0.654. The first-order valence-electron chi connectivity index (χ1n) is 8.54. The van der Waals surface area contributed by atoms with Crippen LogP contribution in [-0.4, -0.2) is 18.1 Å². The lowest BCUT2D eigenvalue weighted by Gasteiger charge is -2.16. The van der Waals surface area contributed by atoms with Gasteiger partial charge in [-0.3, -0.25) is 4.79 Å². The summed E-state index contributed by atoms with van der Waals surface area (Å²) in [6.45, 7) is 5.46. The lowest BCUT2D eigenvalue weighted by molar-refractivity contribution is -0.127. The van der Waals surface area contributed by atoms with Crippen LogP contribution < -0.4 is 15.7 Å². The number of amides is 1. The molecule has 0 aliphatic rings. The van der Waals surface area contributed by atoms with Crippen molar-refractivity contribution >= 4 is 16.9 Å². The molecule has 1 unspecified atom stereocenters. The van der Waals surface area contributed by atoms with Gasteiger partial charge < -0.3 is 14.5 Å². The Balaban J connectivity index is 1.95. The van der Waals surface area contributed by atoms with Crippen LogP contribution in [0.25, 0.3) is 22.1 Å². The highest BCUT2D eigenvalue weighted by Crippen LogP contribution is 2.29. The molecule has 0 saturated carbocycles. The molecule has 1 atom stereocenters. The third kappa shape index (κ3) is 3.94.